The van der Waals surface area contributed by atoms with Gasteiger partial charge in [-0.25, -0.2) is 0 Å². The maximum Gasteiger partial charge on any atom is 0.313 e. The van der Waals surface area contributed by atoms with Crippen molar-refractivity contribution in [3.8, 4) is 0 Å². The number of ether oxygens (including phenoxy) is 1. The Bertz CT molecular complexity index is 685. The minimum atomic E-state index is -1.18. The van der Waals surface area contributed by atoms with Gasteiger partial charge in [0.2, 0.25) is 5.91 Å². The summed E-state index contributed by atoms with van der Waals surface area (Å²) in [4.78, 5) is 26.3. The van der Waals surface area contributed by atoms with Gasteiger partial charge < -0.3 is 14.7 Å². The Labute approximate surface area is 128 Å². The first-order valence-electron chi connectivity index (χ1n) is 7.41. The van der Waals surface area contributed by atoms with Gasteiger partial charge in [-0.1, -0.05) is 42.5 Å². The van der Waals surface area contributed by atoms with Crippen molar-refractivity contribution in [1.82, 2.24) is 4.90 Å². The molecule has 2 fully saturated rings. The lowest BCUT2D eigenvalue weighted by molar-refractivity contribution is -0.156. The van der Waals surface area contributed by atoms with Crippen molar-refractivity contribution >= 4 is 11.9 Å². The highest BCUT2D eigenvalue weighted by molar-refractivity contribution is 5.93. The second-order valence-corrected chi connectivity index (χ2v) is 6.55. The van der Waals surface area contributed by atoms with E-state index in [9.17, 15) is 14.7 Å². The molecule has 1 aromatic rings. The molecule has 1 amide bonds. The summed E-state index contributed by atoms with van der Waals surface area (Å²) in [5.74, 6) is -1.74. The number of fused-ring (bicyclic) bond motifs is 1. The van der Waals surface area contributed by atoms with Crippen LogP contribution in [0.2, 0.25) is 0 Å². The van der Waals surface area contributed by atoms with Crippen molar-refractivity contribution in [2.75, 3.05) is 6.54 Å². The molecular weight excluding hydrogens is 282 g/mol. The lowest BCUT2D eigenvalue weighted by Crippen LogP contribution is -2.47. The fraction of sp³-hybridized carbons (Fsp3) is 0.412. The molecule has 5 heteroatoms. The normalized spacial score (nSPS) is 38.6. The van der Waals surface area contributed by atoms with Crippen molar-refractivity contribution in [2.45, 2.75) is 25.2 Å². The maximum atomic E-state index is 12.8. The highest BCUT2D eigenvalue weighted by atomic mass is 16.5. The number of carbonyl (C=O) groups is 2. The quantitative estimate of drug-likeness (QED) is 0.858. The number of rotatable bonds is 3. The van der Waals surface area contributed by atoms with Gasteiger partial charge in [-0.15, -0.1) is 0 Å². The van der Waals surface area contributed by atoms with Crippen LogP contribution in [-0.2, 0) is 20.9 Å². The van der Waals surface area contributed by atoms with E-state index < -0.39 is 29.0 Å². The summed E-state index contributed by atoms with van der Waals surface area (Å²) in [6, 6.07) is 9.71. The van der Waals surface area contributed by atoms with Gasteiger partial charge in [-0.2, -0.15) is 0 Å². The zero-order chi connectivity index (χ0) is 15.5. The highest BCUT2D eigenvalue weighted by Gasteiger charge is 2.72. The van der Waals surface area contributed by atoms with Gasteiger partial charge in [0.1, 0.15) is 11.0 Å². The molecule has 1 spiro atoms. The van der Waals surface area contributed by atoms with E-state index in [2.05, 4.69) is 0 Å². The maximum absolute atomic E-state index is 12.8. The standard InChI is InChI=1S/C17H17NO4/c1-16(15(20)21)12-7-8-17(22-12)10-18(14(19)13(16)17)9-11-5-3-2-4-6-11/h2-8,12-13H,9-10H2,1H3,(H,20,21)/t12-,13-,16+,17+/m1/s1. The predicted molar refractivity (Wildman–Crippen MR) is 77.8 cm³/mol. The zero-order valence-electron chi connectivity index (χ0n) is 12.2. The number of carbonyl (C=O) groups excluding carboxylic acids is 1. The lowest BCUT2D eigenvalue weighted by atomic mass is 9.66. The molecule has 22 heavy (non-hydrogen) atoms. The largest absolute Gasteiger partial charge is 0.481 e. The lowest BCUT2D eigenvalue weighted by Gasteiger charge is -2.30. The Balaban J connectivity index is 1.68. The molecule has 4 atom stereocenters. The third-order valence-corrected chi connectivity index (χ3v) is 5.25. The third kappa shape index (κ3) is 1.52. The summed E-state index contributed by atoms with van der Waals surface area (Å²) >= 11 is 0. The summed E-state index contributed by atoms with van der Waals surface area (Å²) in [6.07, 6.45) is 3.16. The summed E-state index contributed by atoms with van der Waals surface area (Å²) in [5.41, 5.74) is -0.927. The van der Waals surface area contributed by atoms with Crippen molar-refractivity contribution in [2.24, 2.45) is 11.3 Å². The van der Waals surface area contributed by atoms with Gasteiger partial charge in [-0.05, 0) is 12.5 Å². The molecule has 1 N–H and O–H groups in total. The van der Waals surface area contributed by atoms with E-state index in [0.717, 1.165) is 5.56 Å². The third-order valence-electron chi connectivity index (χ3n) is 5.25. The molecule has 3 aliphatic heterocycles. The van der Waals surface area contributed by atoms with Gasteiger partial charge in [-0.3, -0.25) is 9.59 Å². The number of aliphatic carboxylic acids is 1. The number of hydrogen-bond acceptors (Lipinski definition) is 3. The molecule has 2 bridgehead atoms. The molecule has 114 valence electrons. The second kappa shape index (κ2) is 4.20. The Kier molecular flexibility index (Phi) is 2.58. The van der Waals surface area contributed by atoms with Crippen LogP contribution in [0.1, 0.15) is 12.5 Å². The SMILES string of the molecule is C[C@@]1(C(=O)O)[C@H]2C(=O)N(Cc3ccccc3)C[C@@]23C=C[C@H]1O3. The number of carboxylic acids is 1. The second-order valence-electron chi connectivity index (χ2n) is 6.55. The van der Waals surface area contributed by atoms with Crippen LogP contribution in [0, 0.1) is 11.3 Å². The van der Waals surface area contributed by atoms with Gasteiger partial charge >= 0.3 is 5.97 Å². The van der Waals surface area contributed by atoms with Crippen LogP contribution < -0.4 is 0 Å². The molecular formula is C17H17NO4. The number of hydrogen-bond donors (Lipinski definition) is 1. The van der Waals surface area contributed by atoms with Crippen LogP contribution in [0.15, 0.2) is 42.5 Å². The Morgan fingerprint density at radius 1 is 1.41 bits per heavy atom. The zero-order valence-corrected chi connectivity index (χ0v) is 12.2. The molecule has 4 rings (SSSR count). The molecule has 0 aliphatic carbocycles. The van der Waals surface area contributed by atoms with Crippen molar-refractivity contribution in [3.63, 3.8) is 0 Å². The molecule has 2 saturated heterocycles. The Hall–Kier alpha value is -2.14. The molecule has 0 unspecified atom stereocenters. The molecule has 0 radical (unpaired) electrons. The molecule has 3 aliphatic rings. The number of nitrogens with zero attached hydrogens (tertiary/aromatic N) is 1. The summed E-state index contributed by atoms with van der Waals surface area (Å²) in [6.45, 7) is 2.52. The molecule has 0 saturated carbocycles. The first-order valence-corrected chi connectivity index (χ1v) is 7.41. The van der Waals surface area contributed by atoms with Crippen LogP contribution in [0.3, 0.4) is 0 Å². The number of likely N-dealkylation sites (tertiary alicyclic amines) is 1. The minimum absolute atomic E-state index is 0.124. The first-order chi connectivity index (χ1) is 10.5. The number of carboxylic acid groups (broad SMARTS) is 1. The first kappa shape index (κ1) is 13.5. The number of amides is 1. The van der Waals surface area contributed by atoms with Crippen LogP contribution in [0.5, 0.6) is 0 Å². The predicted octanol–water partition coefficient (Wildman–Crippen LogP) is 1.44. The van der Waals surface area contributed by atoms with Crippen LogP contribution >= 0.6 is 0 Å². The highest BCUT2D eigenvalue weighted by Crippen LogP contribution is 2.58. The van der Waals surface area contributed by atoms with Crippen LogP contribution in [0.4, 0.5) is 0 Å². The summed E-state index contributed by atoms with van der Waals surface area (Å²) < 4.78 is 5.94. The average molecular weight is 299 g/mol. The van der Waals surface area contributed by atoms with E-state index in [0.29, 0.717) is 13.1 Å². The fourth-order valence-electron chi connectivity index (χ4n) is 4.11. The molecule has 0 aromatic heterocycles. The van der Waals surface area contributed by atoms with E-state index in [1.807, 2.05) is 36.4 Å². The smallest absolute Gasteiger partial charge is 0.313 e. The van der Waals surface area contributed by atoms with E-state index in [4.69, 9.17) is 4.74 Å². The number of benzene rings is 1. The van der Waals surface area contributed by atoms with E-state index in [-0.39, 0.29) is 5.91 Å². The van der Waals surface area contributed by atoms with E-state index >= 15 is 0 Å². The van der Waals surface area contributed by atoms with Crippen LogP contribution in [-0.4, -0.2) is 40.1 Å². The monoisotopic (exact) mass is 299 g/mol. The minimum Gasteiger partial charge on any atom is -0.481 e. The Morgan fingerprint density at radius 2 is 2.14 bits per heavy atom. The van der Waals surface area contributed by atoms with Crippen molar-refractivity contribution < 1.29 is 19.4 Å². The summed E-state index contributed by atoms with van der Waals surface area (Å²) in [5, 5.41) is 9.65. The van der Waals surface area contributed by atoms with Gasteiger partial charge in [0.25, 0.3) is 0 Å². The van der Waals surface area contributed by atoms with E-state index in [1.165, 1.54) is 0 Å². The average Bonchev–Trinajstić information content (AvgIpc) is 3.10. The Morgan fingerprint density at radius 3 is 2.82 bits per heavy atom. The van der Waals surface area contributed by atoms with Crippen molar-refractivity contribution in [1.29, 1.82) is 0 Å². The van der Waals surface area contributed by atoms with Gasteiger partial charge in [0.15, 0.2) is 0 Å². The van der Waals surface area contributed by atoms with Gasteiger partial charge in [0.05, 0.1) is 18.6 Å². The molecule has 3 heterocycles. The van der Waals surface area contributed by atoms with Crippen LogP contribution in [0.25, 0.3) is 0 Å². The van der Waals surface area contributed by atoms with E-state index in [1.54, 1.807) is 17.9 Å². The van der Waals surface area contributed by atoms with Gasteiger partial charge in [0, 0.05) is 6.54 Å². The molecule has 1 aromatic carbocycles. The summed E-state index contributed by atoms with van der Waals surface area (Å²) in [7, 11) is 0. The molecule has 5 nitrogen and oxygen atoms in total. The topological polar surface area (TPSA) is 66.8 Å². The fourth-order valence-corrected chi connectivity index (χ4v) is 4.11. The van der Waals surface area contributed by atoms with Crippen molar-refractivity contribution in [3.05, 3.63) is 48.0 Å².